The fraction of sp³-hybridized carbons (Fsp3) is 0.571. The zero-order chi connectivity index (χ0) is 20.1. The van der Waals surface area contributed by atoms with E-state index in [2.05, 4.69) is 4.99 Å². The van der Waals surface area contributed by atoms with E-state index in [0.717, 1.165) is 22.8 Å². The van der Waals surface area contributed by atoms with Crippen molar-refractivity contribution in [3.05, 3.63) is 23.8 Å². The van der Waals surface area contributed by atoms with E-state index < -0.39 is 11.9 Å². The molecule has 7 heteroatoms. The SMILES string of the molecule is CCOc1ccc(C2CC(C3C(=O)CC(C)OC3=O)=NCCS2)c(OCC)c1. The van der Waals surface area contributed by atoms with Crippen LogP contribution in [0.1, 0.15) is 44.4 Å². The van der Waals surface area contributed by atoms with Crippen molar-refractivity contribution >= 4 is 29.2 Å². The number of ketones is 1. The number of hydrogen-bond acceptors (Lipinski definition) is 7. The van der Waals surface area contributed by atoms with E-state index in [1.807, 2.05) is 32.0 Å². The Labute approximate surface area is 170 Å². The molecule has 0 amide bonds. The van der Waals surface area contributed by atoms with Gasteiger partial charge in [0.2, 0.25) is 0 Å². The van der Waals surface area contributed by atoms with Gasteiger partial charge in [-0.1, -0.05) is 6.07 Å². The summed E-state index contributed by atoms with van der Waals surface area (Å²) < 4.78 is 16.8. The summed E-state index contributed by atoms with van der Waals surface area (Å²) in [5.74, 6) is 0.935. The van der Waals surface area contributed by atoms with Crippen molar-refractivity contribution < 1.29 is 23.8 Å². The number of carbonyl (C=O) groups is 2. The third-order valence-electron chi connectivity index (χ3n) is 4.76. The van der Waals surface area contributed by atoms with Crippen molar-refractivity contribution in [1.82, 2.24) is 0 Å². The Morgan fingerprint density at radius 2 is 1.96 bits per heavy atom. The van der Waals surface area contributed by atoms with Gasteiger partial charge in [-0.2, -0.15) is 11.8 Å². The third-order valence-corrected chi connectivity index (χ3v) is 6.00. The highest BCUT2D eigenvalue weighted by Crippen LogP contribution is 2.41. The van der Waals surface area contributed by atoms with E-state index in [1.54, 1.807) is 18.7 Å². The Balaban J connectivity index is 1.86. The number of cyclic esters (lactones) is 1. The molecule has 0 N–H and O–H groups in total. The maximum atomic E-state index is 12.5. The van der Waals surface area contributed by atoms with Gasteiger partial charge in [0.25, 0.3) is 0 Å². The lowest BCUT2D eigenvalue weighted by Gasteiger charge is -2.27. The summed E-state index contributed by atoms with van der Waals surface area (Å²) in [6, 6.07) is 5.86. The largest absolute Gasteiger partial charge is 0.494 e. The van der Waals surface area contributed by atoms with Crippen LogP contribution in [-0.4, -0.2) is 49.1 Å². The topological polar surface area (TPSA) is 74.2 Å². The first kappa shape index (κ1) is 20.7. The Morgan fingerprint density at radius 3 is 2.68 bits per heavy atom. The maximum absolute atomic E-state index is 12.5. The zero-order valence-corrected chi connectivity index (χ0v) is 17.4. The Hall–Kier alpha value is -2.02. The molecule has 0 aliphatic carbocycles. The van der Waals surface area contributed by atoms with Gasteiger partial charge in [-0.25, -0.2) is 0 Å². The predicted octanol–water partition coefficient (Wildman–Crippen LogP) is 3.62. The number of hydrogen-bond donors (Lipinski definition) is 0. The summed E-state index contributed by atoms with van der Waals surface area (Å²) in [6.45, 7) is 7.36. The number of carbonyl (C=O) groups excluding carboxylic acids is 2. The number of rotatable bonds is 6. The smallest absolute Gasteiger partial charge is 0.322 e. The lowest BCUT2D eigenvalue weighted by atomic mass is 9.88. The third kappa shape index (κ3) is 4.69. The van der Waals surface area contributed by atoms with Crippen LogP contribution < -0.4 is 9.47 Å². The van der Waals surface area contributed by atoms with Gasteiger partial charge in [0.05, 0.1) is 13.2 Å². The number of nitrogens with zero attached hydrogens (tertiary/aromatic N) is 1. The second kappa shape index (κ2) is 9.45. The van der Waals surface area contributed by atoms with Gasteiger partial charge in [0.15, 0.2) is 11.7 Å². The normalized spacial score (nSPS) is 25.5. The fourth-order valence-electron chi connectivity index (χ4n) is 3.59. The van der Waals surface area contributed by atoms with Crippen LogP contribution in [0.3, 0.4) is 0 Å². The van der Waals surface area contributed by atoms with Crippen LogP contribution >= 0.6 is 11.8 Å². The van der Waals surface area contributed by atoms with Gasteiger partial charge >= 0.3 is 5.97 Å². The molecule has 0 spiro atoms. The van der Waals surface area contributed by atoms with E-state index in [9.17, 15) is 9.59 Å². The molecule has 0 saturated carbocycles. The molecule has 2 heterocycles. The molecule has 0 aromatic heterocycles. The zero-order valence-electron chi connectivity index (χ0n) is 16.6. The minimum atomic E-state index is -0.865. The molecule has 28 heavy (non-hydrogen) atoms. The van der Waals surface area contributed by atoms with Crippen LogP contribution in [0.4, 0.5) is 0 Å². The monoisotopic (exact) mass is 405 g/mol. The number of aliphatic imine (C=N–C) groups is 1. The fourth-order valence-corrected chi connectivity index (χ4v) is 4.73. The van der Waals surface area contributed by atoms with Crippen molar-refractivity contribution in [2.24, 2.45) is 10.9 Å². The van der Waals surface area contributed by atoms with Crippen LogP contribution in [0.15, 0.2) is 23.2 Å². The van der Waals surface area contributed by atoms with Gasteiger partial charge in [0.1, 0.15) is 17.6 Å². The van der Waals surface area contributed by atoms with Crippen LogP contribution in [0, 0.1) is 5.92 Å². The van der Waals surface area contributed by atoms with Gasteiger partial charge < -0.3 is 14.2 Å². The molecule has 3 unspecified atom stereocenters. The minimum Gasteiger partial charge on any atom is -0.494 e. The second-order valence-electron chi connectivity index (χ2n) is 6.85. The number of ether oxygens (including phenoxy) is 3. The van der Waals surface area contributed by atoms with Crippen LogP contribution in [0.5, 0.6) is 11.5 Å². The molecule has 1 aromatic rings. The van der Waals surface area contributed by atoms with E-state index in [0.29, 0.717) is 31.9 Å². The average Bonchev–Trinajstić information content (AvgIpc) is 2.88. The summed E-state index contributed by atoms with van der Waals surface area (Å²) in [7, 11) is 0. The summed E-state index contributed by atoms with van der Waals surface area (Å²) in [6.07, 6.45) is 0.419. The molecule has 1 fully saturated rings. The standard InChI is InChI=1S/C21H27NO5S/c1-4-25-14-6-7-15(18(11-14)26-5-2)19-12-16(22-8-9-28-19)20-17(23)10-13(3)27-21(20)24/h6-7,11,13,19-20H,4-5,8-10,12H2,1-3H3. The van der Waals surface area contributed by atoms with Crippen LogP contribution in [0.25, 0.3) is 0 Å². The van der Waals surface area contributed by atoms with Gasteiger partial charge in [-0.3, -0.25) is 14.6 Å². The molecule has 2 aliphatic heterocycles. The molecular formula is C21H27NO5S. The molecule has 3 rings (SSSR count). The maximum Gasteiger partial charge on any atom is 0.322 e. The highest BCUT2D eigenvalue weighted by Gasteiger charge is 2.40. The lowest BCUT2D eigenvalue weighted by molar-refractivity contribution is -0.160. The van der Waals surface area contributed by atoms with Crippen molar-refractivity contribution in [3.63, 3.8) is 0 Å². The molecular weight excluding hydrogens is 378 g/mol. The van der Waals surface area contributed by atoms with Crippen molar-refractivity contribution in [3.8, 4) is 11.5 Å². The Kier molecular flexibility index (Phi) is 6.99. The van der Waals surface area contributed by atoms with Crippen LogP contribution in [-0.2, 0) is 14.3 Å². The van der Waals surface area contributed by atoms with Crippen LogP contribution in [0.2, 0.25) is 0 Å². The Bertz CT molecular complexity index is 745. The summed E-state index contributed by atoms with van der Waals surface area (Å²) >= 11 is 1.77. The van der Waals surface area contributed by atoms with E-state index >= 15 is 0 Å². The molecule has 0 radical (unpaired) electrons. The van der Waals surface area contributed by atoms with Gasteiger partial charge in [0, 0.05) is 47.7 Å². The summed E-state index contributed by atoms with van der Waals surface area (Å²) in [5.41, 5.74) is 1.67. The number of Topliss-reactive ketones (excluding diaryl/α,β-unsaturated/α-hetero) is 1. The quantitative estimate of drug-likeness (QED) is 0.532. The van der Waals surface area contributed by atoms with E-state index in [4.69, 9.17) is 14.2 Å². The van der Waals surface area contributed by atoms with E-state index in [1.165, 1.54) is 0 Å². The summed E-state index contributed by atoms with van der Waals surface area (Å²) in [5, 5.41) is 0.0541. The average molecular weight is 406 g/mol. The number of esters is 1. The first-order chi connectivity index (χ1) is 13.5. The van der Waals surface area contributed by atoms with Crippen molar-refractivity contribution in [2.45, 2.75) is 45.0 Å². The molecule has 6 nitrogen and oxygen atoms in total. The van der Waals surface area contributed by atoms with Crippen molar-refractivity contribution in [2.75, 3.05) is 25.5 Å². The van der Waals surface area contributed by atoms with Gasteiger partial charge in [-0.15, -0.1) is 0 Å². The molecule has 152 valence electrons. The predicted molar refractivity (Wildman–Crippen MR) is 110 cm³/mol. The highest BCUT2D eigenvalue weighted by molar-refractivity contribution is 7.99. The number of thioether (sulfide) groups is 1. The molecule has 1 saturated heterocycles. The first-order valence-corrected chi connectivity index (χ1v) is 10.9. The second-order valence-corrected chi connectivity index (χ2v) is 8.16. The lowest BCUT2D eigenvalue weighted by Crippen LogP contribution is -2.42. The minimum absolute atomic E-state index is 0.0541. The van der Waals surface area contributed by atoms with Crippen molar-refractivity contribution in [1.29, 1.82) is 0 Å². The molecule has 2 aliphatic rings. The first-order valence-electron chi connectivity index (χ1n) is 9.81. The molecule has 1 aromatic carbocycles. The molecule has 3 atom stereocenters. The summed E-state index contributed by atoms with van der Waals surface area (Å²) in [4.78, 5) is 29.5. The Morgan fingerprint density at radius 1 is 1.18 bits per heavy atom. The molecule has 0 bridgehead atoms. The van der Waals surface area contributed by atoms with Gasteiger partial charge in [-0.05, 0) is 26.8 Å². The van der Waals surface area contributed by atoms with E-state index in [-0.39, 0.29) is 23.6 Å². The highest BCUT2D eigenvalue weighted by atomic mass is 32.2. The number of benzene rings is 1.